The molecule has 0 aliphatic carbocycles. The molecule has 22 heavy (non-hydrogen) atoms. The molecular formula is C17H26N4O. The van der Waals surface area contributed by atoms with Gasteiger partial charge in [-0.1, -0.05) is 13.3 Å². The van der Waals surface area contributed by atoms with E-state index in [2.05, 4.69) is 21.4 Å². The number of likely N-dealkylation sites (N-methyl/N-ethyl adjacent to an activating group) is 1. The second-order valence-corrected chi connectivity index (χ2v) is 6.09. The average molecular weight is 302 g/mol. The second kappa shape index (κ2) is 7.20. The van der Waals surface area contributed by atoms with E-state index in [4.69, 9.17) is 10.1 Å². The molecule has 1 atom stereocenters. The van der Waals surface area contributed by atoms with Crippen molar-refractivity contribution in [3.05, 3.63) is 24.2 Å². The van der Waals surface area contributed by atoms with Gasteiger partial charge < -0.3 is 14.6 Å². The number of fused-ring (bicyclic) bond motifs is 1. The van der Waals surface area contributed by atoms with E-state index in [1.54, 1.807) is 0 Å². The maximum atomic E-state index is 9.17. The van der Waals surface area contributed by atoms with E-state index >= 15 is 0 Å². The van der Waals surface area contributed by atoms with E-state index in [-0.39, 0.29) is 6.61 Å². The van der Waals surface area contributed by atoms with Crippen LogP contribution in [0.5, 0.6) is 0 Å². The van der Waals surface area contributed by atoms with Crippen LogP contribution < -0.4 is 0 Å². The molecule has 2 aromatic rings. The Hall–Kier alpha value is -1.46. The van der Waals surface area contributed by atoms with Gasteiger partial charge >= 0.3 is 0 Å². The number of aliphatic hydroxyl groups is 1. The first-order chi connectivity index (χ1) is 10.8. The van der Waals surface area contributed by atoms with E-state index in [1.165, 1.54) is 25.8 Å². The van der Waals surface area contributed by atoms with Crippen molar-refractivity contribution in [3.63, 3.8) is 0 Å². The lowest BCUT2D eigenvalue weighted by Crippen LogP contribution is -2.41. The summed E-state index contributed by atoms with van der Waals surface area (Å²) in [5.74, 6) is 1.12. The van der Waals surface area contributed by atoms with Crippen molar-refractivity contribution >= 4 is 11.2 Å². The maximum Gasteiger partial charge on any atom is 0.159 e. The number of aryl methyl sites for hydroxylation is 1. The van der Waals surface area contributed by atoms with Gasteiger partial charge in [0.05, 0.1) is 0 Å². The van der Waals surface area contributed by atoms with Crippen LogP contribution in [0, 0.1) is 0 Å². The number of aromatic nitrogens is 3. The van der Waals surface area contributed by atoms with Crippen molar-refractivity contribution in [2.45, 2.75) is 51.6 Å². The largest absolute Gasteiger partial charge is 0.396 e. The molecular weight excluding hydrogens is 276 g/mol. The molecule has 0 radical (unpaired) electrons. The zero-order valence-corrected chi connectivity index (χ0v) is 13.4. The summed E-state index contributed by atoms with van der Waals surface area (Å²) < 4.78 is 2.20. The van der Waals surface area contributed by atoms with Crippen molar-refractivity contribution in [2.75, 3.05) is 19.7 Å². The lowest BCUT2D eigenvalue weighted by atomic mass is 9.99. The fourth-order valence-corrected chi connectivity index (χ4v) is 3.54. The second-order valence-electron chi connectivity index (χ2n) is 6.09. The van der Waals surface area contributed by atoms with Gasteiger partial charge in [-0.2, -0.15) is 0 Å². The van der Waals surface area contributed by atoms with Crippen molar-refractivity contribution in [3.8, 4) is 0 Å². The lowest BCUT2D eigenvalue weighted by molar-refractivity contribution is 0.153. The Morgan fingerprint density at radius 3 is 3.09 bits per heavy atom. The SMILES string of the molecule is CCN1CCCCC1Cc1nc2cccnc2n1CCCO. The number of likely N-dealkylation sites (tertiary alicyclic amines) is 1. The number of piperidine rings is 1. The molecule has 1 aliphatic rings. The average Bonchev–Trinajstić information content (AvgIpc) is 2.90. The molecule has 0 bridgehead atoms. The van der Waals surface area contributed by atoms with Crippen LogP contribution in [0.25, 0.3) is 11.2 Å². The fraction of sp³-hybridized carbons (Fsp3) is 0.647. The Morgan fingerprint density at radius 1 is 1.36 bits per heavy atom. The summed E-state index contributed by atoms with van der Waals surface area (Å²) in [4.78, 5) is 11.9. The first kappa shape index (κ1) is 15.4. The number of rotatable bonds is 6. The molecule has 120 valence electrons. The third kappa shape index (κ3) is 3.15. The Bertz CT molecular complexity index is 610. The minimum Gasteiger partial charge on any atom is -0.396 e. The van der Waals surface area contributed by atoms with Crippen LogP contribution in [0.4, 0.5) is 0 Å². The highest BCUT2D eigenvalue weighted by Gasteiger charge is 2.24. The zero-order chi connectivity index (χ0) is 15.4. The van der Waals surface area contributed by atoms with Crippen molar-refractivity contribution in [2.24, 2.45) is 0 Å². The van der Waals surface area contributed by atoms with Gasteiger partial charge in [-0.15, -0.1) is 0 Å². The predicted molar refractivity (Wildman–Crippen MR) is 87.8 cm³/mol. The van der Waals surface area contributed by atoms with E-state index in [1.807, 2.05) is 18.3 Å². The Kier molecular flexibility index (Phi) is 5.05. The van der Waals surface area contributed by atoms with Crippen LogP contribution in [0.1, 0.15) is 38.4 Å². The predicted octanol–water partition coefficient (Wildman–Crippen LogP) is 2.23. The fourth-order valence-electron chi connectivity index (χ4n) is 3.54. The van der Waals surface area contributed by atoms with Gasteiger partial charge in [-0.05, 0) is 44.5 Å². The number of hydrogen-bond acceptors (Lipinski definition) is 4. The minimum absolute atomic E-state index is 0.205. The van der Waals surface area contributed by atoms with Gasteiger partial charge in [0.25, 0.3) is 0 Å². The highest BCUT2D eigenvalue weighted by atomic mass is 16.3. The van der Waals surface area contributed by atoms with Gasteiger partial charge in [0.1, 0.15) is 11.3 Å². The van der Waals surface area contributed by atoms with Gasteiger partial charge in [0, 0.05) is 31.8 Å². The lowest BCUT2D eigenvalue weighted by Gasteiger charge is -2.34. The highest BCUT2D eigenvalue weighted by Crippen LogP contribution is 2.22. The Morgan fingerprint density at radius 2 is 2.27 bits per heavy atom. The van der Waals surface area contributed by atoms with E-state index in [0.717, 1.165) is 42.9 Å². The van der Waals surface area contributed by atoms with Crippen molar-refractivity contribution in [1.82, 2.24) is 19.4 Å². The molecule has 5 nitrogen and oxygen atoms in total. The summed E-state index contributed by atoms with van der Waals surface area (Å²) in [7, 11) is 0. The molecule has 3 rings (SSSR count). The highest BCUT2D eigenvalue weighted by molar-refractivity contribution is 5.71. The van der Waals surface area contributed by atoms with Crippen molar-refractivity contribution < 1.29 is 5.11 Å². The molecule has 3 heterocycles. The number of pyridine rings is 1. The van der Waals surface area contributed by atoms with E-state index in [9.17, 15) is 0 Å². The van der Waals surface area contributed by atoms with Crippen LogP contribution in [-0.4, -0.2) is 50.3 Å². The summed E-state index contributed by atoms with van der Waals surface area (Å²) >= 11 is 0. The van der Waals surface area contributed by atoms with Gasteiger partial charge in [0.15, 0.2) is 5.65 Å². The van der Waals surface area contributed by atoms with E-state index < -0.39 is 0 Å². The summed E-state index contributed by atoms with van der Waals surface area (Å²) in [6.45, 7) is 5.55. The number of nitrogens with zero attached hydrogens (tertiary/aromatic N) is 4. The molecule has 0 amide bonds. The van der Waals surface area contributed by atoms with Crippen LogP contribution in [0.2, 0.25) is 0 Å². The minimum atomic E-state index is 0.205. The standard InChI is InChI=1S/C17H26N4O/c1-2-20-10-4-3-7-14(20)13-16-19-15-8-5-9-18-17(15)21(16)11-6-12-22/h5,8-9,14,22H,2-4,6-7,10-13H2,1H3. The van der Waals surface area contributed by atoms with Gasteiger partial charge in [-0.25, -0.2) is 9.97 Å². The molecule has 2 aromatic heterocycles. The van der Waals surface area contributed by atoms with Crippen LogP contribution >= 0.6 is 0 Å². The molecule has 1 unspecified atom stereocenters. The first-order valence-electron chi connectivity index (χ1n) is 8.48. The number of imidazole rings is 1. The molecule has 1 fully saturated rings. The molecule has 1 aliphatic heterocycles. The summed E-state index contributed by atoms with van der Waals surface area (Å²) in [6, 6.07) is 4.55. The summed E-state index contributed by atoms with van der Waals surface area (Å²) in [6.07, 6.45) is 7.43. The summed E-state index contributed by atoms with van der Waals surface area (Å²) in [5.41, 5.74) is 1.92. The Labute approximate surface area is 132 Å². The third-order valence-electron chi connectivity index (χ3n) is 4.70. The number of aliphatic hydroxyl groups excluding tert-OH is 1. The third-order valence-corrected chi connectivity index (χ3v) is 4.70. The molecule has 1 saturated heterocycles. The zero-order valence-electron chi connectivity index (χ0n) is 13.4. The molecule has 0 spiro atoms. The molecule has 0 aromatic carbocycles. The molecule has 5 heteroatoms. The van der Waals surface area contributed by atoms with Crippen LogP contribution in [0.3, 0.4) is 0 Å². The normalized spacial score (nSPS) is 19.8. The first-order valence-corrected chi connectivity index (χ1v) is 8.48. The maximum absolute atomic E-state index is 9.17. The smallest absolute Gasteiger partial charge is 0.159 e. The number of hydrogen-bond donors (Lipinski definition) is 1. The van der Waals surface area contributed by atoms with E-state index in [0.29, 0.717) is 6.04 Å². The quantitative estimate of drug-likeness (QED) is 0.889. The topological polar surface area (TPSA) is 54.2 Å². The van der Waals surface area contributed by atoms with Crippen LogP contribution in [-0.2, 0) is 13.0 Å². The molecule has 0 saturated carbocycles. The van der Waals surface area contributed by atoms with Gasteiger partial charge in [-0.3, -0.25) is 0 Å². The monoisotopic (exact) mass is 302 g/mol. The van der Waals surface area contributed by atoms with Crippen LogP contribution in [0.15, 0.2) is 18.3 Å². The Balaban J connectivity index is 1.88. The van der Waals surface area contributed by atoms with Gasteiger partial charge in [0.2, 0.25) is 0 Å². The molecule has 1 N–H and O–H groups in total. The summed E-state index contributed by atoms with van der Waals surface area (Å²) in [5, 5.41) is 9.17. The van der Waals surface area contributed by atoms with Crippen molar-refractivity contribution in [1.29, 1.82) is 0 Å².